The van der Waals surface area contributed by atoms with Gasteiger partial charge in [0.15, 0.2) is 0 Å². The summed E-state index contributed by atoms with van der Waals surface area (Å²) in [7, 11) is 0. The Morgan fingerprint density at radius 3 is 2.85 bits per heavy atom. The average molecular weight is 279 g/mol. The molecule has 1 saturated carbocycles. The van der Waals surface area contributed by atoms with E-state index in [4.69, 9.17) is 10.5 Å². The van der Waals surface area contributed by atoms with Gasteiger partial charge in [0.25, 0.3) is 5.91 Å². The van der Waals surface area contributed by atoms with Gasteiger partial charge in [-0.25, -0.2) is 0 Å². The number of hydrogen-bond donors (Lipinski definition) is 3. The predicted molar refractivity (Wildman–Crippen MR) is 74.4 cm³/mol. The van der Waals surface area contributed by atoms with E-state index in [9.17, 15) is 9.90 Å². The van der Waals surface area contributed by atoms with Crippen molar-refractivity contribution in [3.8, 4) is 5.75 Å². The number of aromatic hydroxyl groups is 1. The molecule has 1 amide bonds. The van der Waals surface area contributed by atoms with Crippen LogP contribution in [0.3, 0.4) is 0 Å². The topological polar surface area (TPSA) is 97.5 Å². The van der Waals surface area contributed by atoms with Crippen LogP contribution in [0, 0.1) is 0 Å². The van der Waals surface area contributed by atoms with Crippen molar-refractivity contribution in [1.29, 1.82) is 0 Å². The van der Waals surface area contributed by atoms with Crippen molar-refractivity contribution >= 4 is 5.91 Å². The molecule has 6 heteroatoms. The summed E-state index contributed by atoms with van der Waals surface area (Å²) in [6, 6.07) is 1.69. The van der Waals surface area contributed by atoms with Gasteiger partial charge < -0.3 is 20.9 Å². The Hall–Kier alpha value is -1.66. The van der Waals surface area contributed by atoms with Gasteiger partial charge in [0.2, 0.25) is 0 Å². The number of aromatic nitrogens is 1. The molecule has 4 N–H and O–H groups in total. The van der Waals surface area contributed by atoms with Crippen molar-refractivity contribution in [3.63, 3.8) is 0 Å². The van der Waals surface area contributed by atoms with Crippen LogP contribution in [0.4, 0.5) is 0 Å². The molecule has 0 saturated heterocycles. The van der Waals surface area contributed by atoms with Crippen LogP contribution in [0.5, 0.6) is 5.75 Å². The van der Waals surface area contributed by atoms with E-state index in [1.54, 1.807) is 0 Å². The lowest BCUT2D eigenvalue weighted by atomic mass is 9.94. The second-order valence-corrected chi connectivity index (χ2v) is 5.10. The zero-order valence-corrected chi connectivity index (χ0v) is 11.4. The number of nitrogens with zero attached hydrogens (tertiary/aromatic N) is 1. The molecule has 110 valence electrons. The highest BCUT2D eigenvalue weighted by Gasteiger charge is 2.18. The zero-order chi connectivity index (χ0) is 14.4. The van der Waals surface area contributed by atoms with Crippen LogP contribution in [0.25, 0.3) is 0 Å². The molecule has 1 aromatic rings. The minimum absolute atomic E-state index is 0.0209. The number of rotatable bonds is 5. The highest BCUT2D eigenvalue weighted by atomic mass is 16.5. The fraction of sp³-hybridized carbons (Fsp3) is 0.571. The van der Waals surface area contributed by atoms with E-state index in [1.165, 1.54) is 18.5 Å². The van der Waals surface area contributed by atoms with Crippen LogP contribution in [-0.4, -0.2) is 41.3 Å². The van der Waals surface area contributed by atoms with Crippen molar-refractivity contribution in [2.75, 3.05) is 13.2 Å². The Balaban J connectivity index is 1.64. The minimum Gasteiger partial charge on any atom is -0.506 e. The van der Waals surface area contributed by atoms with Crippen molar-refractivity contribution in [3.05, 3.63) is 24.0 Å². The summed E-state index contributed by atoms with van der Waals surface area (Å²) < 4.78 is 5.71. The summed E-state index contributed by atoms with van der Waals surface area (Å²) in [6.07, 6.45) is 6.95. The van der Waals surface area contributed by atoms with Crippen molar-refractivity contribution in [2.24, 2.45) is 5.73 Å². The van der Waals surface area contributed by atoms with Crippen LogP contribution in [0.2, 0.25) is 0 Å². The fourth-order valence-electron chi connectivity index (χ4n) is 2.30. The molecular weight excluding hydrogens is 258 g/mol. The van der Waals surface area contributed by atoms with E-state index in [0.717, 1.165) is 25.7 Å². The molecule has 0 aliphatic heterocycles. The molecule has 0 atom stereocenters. The van der Waals surface area contributed by atoms with Gasteiger partial charge in [0, 0.05) is 18.8 Å². The molecule has 1 aliphatic carbocycles. The Kier molecular flexibility index (Phi) is 5.31. The SMILES string of the molecule is NC1CCC(OCCNC(=O)c2cncc(O)c2)CC1. The number of nitrogens with two attached hydrogens (primary N) is 1. The molecule has 1 fully saturated rings. The third-order valence-corrected chi connectivity index (χ3v) is 3.45. The van der Waals surface area contributed by atoms with E-state index in [1.807, 2.05) is 0 Å². The Bertz CT molecular complexity index is 445. The van der Waals surface area contributed by atoms with Crippen LogP contribution >= 0.6 is 0 Å². The third-order valence-electron chi connectivity index (χ3n) is 3.45. The van der Waals surface area contributed by atoms with Crippen LogP contribution < -0.4 is 11.1 Å². The molecule has 0 spiro atoms. The maximum atomic E-state index is 11.8. The molecule has 0 bridgehead atoms. The Morgan fingerprint density at radius 2 is 2.15 bits per heavy atom. The molecule has 0 radical (unpaired) electrons. The molecule has 20 heavy (non-hydrogen) atoms. The van der Waals surface area contributed by atoms with Gasteiger partial charge in [-0.15, -0.1) is 0 Å². The highest BCUT2D eigenvalue weighted by Crippen LogP contribution is 2.19. The Morgan fingerprint density at radius 1 is 1.40 bits per heavy atom. The van der Waals surface area contributed by atoms with E-state index < -0.39 is 0 Å². The second-order valence-electron chi connectivity index (χ2n) is 5.10. The first-order valence-corrected chi connectivity index (χ1v) is 6.94. The first kappa shape index (κ1) is 14.7. The van der Waals surface area contributed by atoms with Crippen LogP contribution in [0.1, 0.15) is 36.0 Å². The number of nitrogens with one attached hydrogen (secondary N) is 1. The van der Waals surface area contributed by atoms with Gasteiger partial charge >= 0.3 is 0 Å². The van der Waals surface area contributed by atoms with Gasteiger partial charge in [-0.2, -0.15) is 0 Å². The summed E-state index contributed by atoms with van der Waals surface area (Å²) in [6.45, 7) is 0.926. The molecule has 0 aromatic carbocycles. The fourth-order valence-corrected chi connectivity index (χ4v) is 2.30. The quantitative estimate of drug-likeness (QED) is 0.693. The summed E-state index contributed by atoms with van der Waals surface area (Å²) in [5.41, 5.74) is 6.17. The summed E-state index contributed by atoms with van der Waals surface area (Å²) in [4.78, 5) is 15.5. The summed E-state index contributed by atoms with van der Waals surface area (Å²) >= 11 is 0. The summed E-state index contributed by atoms with van der Waals surface area (Å²) in [5.74, 6) is -0.282. The number of hydrogen-bond acceptors (Lipinski definition) is 5. The van der Waals surface area contributed by atoms with E-state index >= 15 is 0 Å². The lowest BCUT2D eigenvalue weighted by Crippen LogP contribution is -2.33. The molecule has 1 heterocycles. The van der Waals surface area contributed by atoms with Crippen LogP contribution in [-0.2, 0) is 4.74 Å². The molecular formula is C14H21N3O3. The summed E-state index contributed by atoms with van der Waals surface area (Å²) in [5, 5.41) is 12.0. The van der Waals surface area contributed by atoms with E-state index in [-0.39, 0.29) is 17.8 Å². The van der Waals surface area contributed by atoms with E-state index in [2.05, 4.69) is 10.3 Å². The molecule has 6 nitrogen and oxygen atoms in total. The van der Waals surface area contributed by atoms with Gasteiger partial charge in [-0.3, -0.25) is 9.78 Å². The lowest BCUT2D eigenvalue weighted by molar-refractivity contribution is 0.0267. The van der Waals surface area contributed by atoms with Crippen molar-refractivity contribution < 1.29 is 14.6 Å². The third kappa shape index (κ3) is 4.47. The standard InChI is InChI=1S/C14H21N3O3/c15-11-1-3-13(4-2-11)20-6-5-17-14(19)10-7-12(18)9-16-8-10/h7-9,11,13,18H,1-6,15H2,(H,17,19). The number of amides is 1. The number of ether oxygens (including phenoxy) is 1. The largest absolute Gasteiger partial charge is 0.506 e. The maximum absolute atomic E-state index is 11.8. The number of carbonyl (C=O) groups is 1. The van der Waals surface area contributed by atoms with Gasteiger partial charge in [0.05, 0.1) is 24.5 Å². The smallest absolute Gasteiger partial charge is 0.253 e. The first-order valence-electron chi connectivity index (χ1n) is 6.94. The first-order chi connectivity index (χ1) is 9.65. The highest BCUT2D eigenvalue weighted by molar-refractivity contribution is 5.94. The second kappa shape index (κ2) is 7.21. The van der Waals surface area contributed by atoms with Crippen molar-refractivity contribution in [2.45, 2.75) is 37.8 Å². The number of carbonyl (C=O) groups excluding carboxylic acids is 1. The van der Waals surface area contributed by atoms with Crippen LogP contribution in [0.15, 0.2) is 18.5 Å². The lowest BCUT2D eigenvalue weighted by Gasteiger charge is -2.26. The van der Waals surface area contributed by atoms with Crippen molar-refractivity contribution in [1.82, 2.24) is 10.3 Å². The predicted octanol–water partition coefficient (Wildman–Crippen LogP) is 0.803. The van der Waals surface area contributed by atoms with Gasteiger partial charge in [-0.05, 0) is 31.7 Å². The van der Waals surface area contributed by atoms with Gasteiger partial charge in [0.1, 0.15) is 5.75 Å². The number of pyridine rings is 1. The average Bonchev–Trinajstić information content (AvgIpc) is 2.45. The molecule has 1 aromatic heterocycles. The molecule has 0 unspecified atom stereocenters. The van der Waals surface area contributed by atoms with Gasteiger partial charge in [-0.1, -0.05) is 0 Å². The zero-order valence-electron chi connectivity index (χ0n) is 11.4. The van der Waals surface area contributed by atoms with E-state index in [0.29, 0.717) is 24.8 Å². The Labute approximate surface area is 118 Å². The molecule has 1 aliphatic rings. The normalized spacial score (nSPS) is 22.4. The maximum Gasteiger partial charge on any atom is 0.253 e. The minimum atomic E-state index is -0.261. The monoisotopic (exact) mass is 279 g/mol. The molecule has 2 rings (SSSR count).